The van der Waals surface area contributed by atoms with Crippen molar-refractivity contribution in [2.75, 3.05) is 7.11 Å². The summed E-state index contributed by atoms with van der Waals surface area (Å²) in [6.45, 7) is 4.25. The molecule has 0 saturated carbocycles. The molecule has 0 aromatic heterocycles. The molecule has 0 aliphatic carbocycles. The van der Waals surface area contributed by atoms with Gasteiger partial charge in [0.15, 0.2) is 6.10 Å². The molecule has 0 saturated heterocycles. The van der Waals surface area contributed by atoms with Gasteiger partial charge in [-0.1, -0.05) is 35.9 Å². The van der Waals surface area contributed by atoms with E-state index in [1.807, 2.05) is 43.3 Å². The molecule has 0 spiro atoms. The normalized spacial score (nSPS) is 11.6. The maximum absolute atomic E-state index is 12.1. The first-order valence-corrected chi connectivity index (χ1v) is 7.22. The quantitative estimate of drug-likeness (QED) is 0.891. The first kappa shape index (κ1) is 15.9. The fraction of sp³-hybridized carbons (Fsp3) is 0.278. The molecule has 2 aromatic rings. The number of ether oxygens (including phenoxy) is 2. The number of methoxy groups -OCH3 is 1. The van der Waals surface area contributed by atoms with E-state index in [2.05, 4.69) is 5.32 Å². The molecule has 0 aliphatic heterocycles. The highest BCUT2D eigenvalue weighted by Gasteiger charge is 2.14. The van der Waals surface area contributed by atoms with Gasteiger partial charge in [-0.15, -0.1) is 0 Å². The van der Waals surface area contributed by atoms with Crippen LogP contribution in [0.3, 0.4) is 0 Å². The van der Waals surface area contributed by atoms with E-state index in [9.17, 15) is 4.79 Å². The number of carbonyl (C=O) groups is 1. The zero-order valence-electron chi connectivity index (χ0n) is 13.1. The van der Waals surface area contributed by atoms with Gasteiger partial charge in [0.05, 0.1) is 7.11 Å². The Morgan fingerprint density at radius 2 is 1.82 bits per heavy atom. The van der Waals surface area contributed by atoms with Gasteiger partial charge in [-0.05, 0) is 31.5 Å². The summed E-state index contributed by atoms with van der Waals surface area (Å²) in [7, 11) is 1.59. The van der Waals surface area contributed by atoms with Gasteiger partial charge in [0.2, 0.25) is 0 Å². The van der Waals surface area contributed by atoms with E-state index in [1.54, 1.807) is 26.2 Å². The highest BCUT2D eigenvalue weighted by Crippen LogP contribution is 2.19. The summed E-state index contributed by atoms with van der Waals surface area (Å²) < 4.78 is 10.8. The minimum atomic E-state index is -0.572. The van der Waals surface area contributed by atoms with E-state index >= 15 is 0 Å². The van der Waals surface area contributed by atoms with Crippen molar-refractivity contribution in [3.63, 3.8) is 0 Å². The molecule has 1 N–H and O–H groups in total. The number of nitrogens with one attached hydrogen (secondary N) is 1. The van der Waals surface area contributed by atoms with Crippen LogP contribution in [0.4, 0.5) is 0 Å². The second-order valence-electron chi connectivity index (χ2n) is 5.14. The van der Waals surface area contributed by atoms with E-state index in [-0.39, 0.29) is 5.91 Å². The molecule has 2 rings (SSSR count). The molecule has 0 aliphatic rings. The van der Waals surface area contributed by atoms with Crippen LogP contribution in [0.2, 0.25) is 0 Å². The molecule has 4 nitrogen and oxygen atoms in total. The molecule has 22 heavy (non-hydrogen) atoms. The number of hydrogen-bond acceptors (Lipinski definition) is 3. The zero-order chi connectivity index (χ0) is 15.9. The minimum absolute atomic E-state index is 0.150. The Balaban J connectivity index is 1.87. The Morgan fingerprint density at radius 1 is 1.14 bits per heavy atom. The van der Waals surface area contributed by atoms with Crippen molar-refractivity contribution < 1.29 is 14.3 Å². The standard InChI is InChI=1S/C18H21NO3/c1-13-7-9-15(10-8-13)12-19-18(20)14(2)22-17-6-4-5-16(11-17)21-3/h4-11,14H,12H2,1-3H3,(H,19,20)/t14-/m1/s1. The van der Waals surface area contributed by atoms with E-state index in [0.29, 0.717) is 18.0 Å². The van der Waals surface area contributed by atoms with Crippen LogP contribution in [0.25, 0.3) is 0 Å². The minimum Gasteiger partial charge on any atom is -0.497 e. The number of amides is 1. The number of hydrogen-bond donors (Lipinski definition) is 1. The molecule has 0 fully saturated rings. The Bertz CT molecular complexity index is 622. The third kappa shape index (κ3) is 4.52. The van der Waals surface area contributed by atoms with Gasteiger partial charge in [0.1, 0.15) is 11.5 Å². The predicted molar refractivity (Wildman–Crippen MR) is 86.1 cm³/mol. The Kier molecular flexibility index (Phi) is 5.42. The average Bonchev–Trinajstić information content (AvgIpc) is 2.54. The highest BCUT2D eigenvalue weighted by atomic mass is 16.5. The number of carbonyl (C=O) groups excluding carboxylic acids is 1. The fourth-order valence-corrected chi connectivity index (χ4v) is 1.97. The molecule has 0 unspecified atom stereocenters. The lowest BCUT2D eigenvalue weighted by atomic mass is 10.1. The third-order valence-electron chi connectivity index (χ3n) is 3.31. The second-order valence-corrected chi connectivity index (χ2v) is 5.14. The first-order chi connectivity index (χ1) is 10.6. The molecule has 1 atom stereocenters. The second kappa shape index (κ2) is 7.50. The zero-order valence-corrected chi connectivity index (χ0v) is 13.1. The predicted octanol–water partition coefficient (Wildman–Crippen LogP) is 3.09. The van der Waals surface area contributed by atoms with Crippen LogP contribution in [0.1, 0.15) is 18.1 Å². The third-order valence-corrected chi connectivity index (χ3v) is 3.31. The number of rotatable bonds is 6. The van der Waals surface area contributed by atoms with Crippen molar-refractivity contribution in [2.45, 2.75) is 26.5 Å². The van der Waals surface area contributed by atoms with Gasteiger partial charge in [0.25, 0.3) is 5.91 Å². The van der Waals surface area contributed by atoms with Crippen molar-refractivity contribution in [1.29, 1.82) is 0 Å². The largest absolute Gasteiger partial charge is 0.497 e. The smallest absolute Gasteiger partial charge is 0.261 e. The highest BCUT2D eigenvalue weighted by molar-refractivity contribution is 5.80. The summed E-state index contributed by atoms with van der Waals surface area (Å²) >= 11 is 0. The van der Waals surface area contributed by atoms with Crippen molar-refractivity contribution >= 4 is 5.91 Å². The van der Waals surface area contributed by atoms with Gasteiger partial charge >= 0.3 is 0 Å². The molecular weight excluding hydrogens is 278 g/mol. The van der Waals surface area contributed by atoms with Crippen LogP contribution in [0.5, 0.6) is 11.5 Å². The monoisotopic (exact) mass is 299 g/mol. The lowest BCUT2D eigenvalue weighted by Crippen LogP contribution is -2.35. The van der Waals surface area contributed by atoms with Crippen LogP contribution in [-0.2, 0) is 11.3 Å². The Morgan fingerprint density at radius 3 is 2.50 bits per heavy atom. The maximum Gasteiger partial charge on any atom is 0.261 e. The van der Waals surface area contributed by atoms with Crippen LogP contribution in [-0.4, -0.2) is 19.1 Å². The Hall–Kier alpha value is -2.49. The first-order valence-electron chi connectivity index (χ1n) is 7.22. The van der Waals surface area contributed by atoms with Crippen molar-refractivity contribution in [3.05, 3.63) is 59.7 Å². The summed E-state index contributed by atoms with van der Waals surface area (Å²) in [4.78, 5) is 12.1. The van der Waals surface area contributed by atoms with E-state index in [4.69, 9.17) is 9.47 Å². The Labute approximate surface area is 131 Å². The van der Waals surface area contributed by atoms with Gasteiger partial charge < -0.3 is 14.8 Å². The number of benzene rings is 2. The van der Waals surface area contributed by atoms with E-state index in [0.717, 1.165) is 5.56 Å². The summed E-state index contributed by atoms with van der Waals surface area (Å²) in [5.41, 5.74) is 2.26. The van der Waals surface area contributed by atoms with Gasteiger partial charge in [-0.25, -0.2) is 0 Å². The lowest BCUT2D eigenvalue weighted by molar-refractivity contribution is -0.127. The average molecular weight is 299 g/mol. The topological polar surface area (TPSA) is 47.6 Å². The van der Waals surface area contributed by atoms with Crippen LogP contribution in [0.15, 0.2) is 48.5 Å². The maximum atomic E-state index is 12.1. The van der Waals surface area contributed by atoms with Crippen LogP contribution in [0, 0.1) is 6.92 Å². The number of aryl methyl sites for hydroxylation is 1. The van der Waals surface area contributed by atoms with E-state index in [1.165, 1.54) is 5.56 Å². The van der Waals surface area contributed by atoms with Crippen molar-refractivity contribution in [1.82, 2.24) is 5.32 Å². The van der Waals surface area contributed by atoms with Gasteiger partial charge in [-0.2, -0.15) is 0 Å². The molecule has 2 aromatic carbocycles. The molecule has 0 heterocycles. The summed E-state index contributed by atoms with van der Waals surface area (Å²) in [5.74, 6) is 1.16. The summed E-state index contributed by atoms with van der Waals surface area (Å²) in [6.07, 6.45) is -0.572. The van der Waals surface area contributed by atoms with Crippen LogP contribution >= 0.6 is 0 Å². The summed E-state index contributed by atoms with van der Waals surface area (Å²) in [5, 5.41) is 2.87. The van der Waals surface area contributed by atoms with E-state index < -0.39 is 6.10 Å². The van der Waals surface area contributed by atoms with Gasteiger partial charge in [0, 0.05) is 12.6 Å². The summed E-state index contributed by atoms with van der Waals surface area (Å²) in [6, 6.07) is 15.3. The van der Waals surface area contributed by atoms with Crippen molar-refractivity contribution in [2.24, 2.45) is 0 Å². The van der Waals surface area contributed by atoms with Gasteiger partial charge in [-0.3, -0.25) is 4.79 Å². The molecule has 116 valence electrons. The molecule has 4 heteroatoms. The SMILES string of the molecule is COc1cccc(O[C@H](C)C(=O)NCc2ccc(C)cc2)c1. The van der Waals surface area contributed by atoms with Crippen LogP contribution < -0.4 is 14.8 Å². The molecule has 0 radical (unpaired) electrons. The lowest BCUT2D eigenvalue weighted by Gasteiger charge is -2.15. The molecule has 0 bridgehead atoms. The fourth-order valence-electron chi connectivity index (χ4n) is 1.97. The molecular formula is C18H21NO3. The van der Waals surface area contributed by atoms with Crippen molar-refractivity contribution in [3.8, 4) is 11.5 Å². The molecule has 1 amide bonds.